The Morgan fingerprint density at radius 3 is 0.816 bits per heavy atom. The summed E-state index contributed by atoms with van der Waals surface area (Å²) in [6.07, 6.45) is 0. The molecule has 3 nitrogen and oxygen atoms in total. The summed E-state index contributed by atoms with van der Waals surface area (Å²) in [5.41, 5.74) is 3.21. The number of carbonyl (C=O) groups excluding carboxylic acids is 1. The van der Waals surface area contributed by atoms with Gasteiger partial charge < -0.3 is 10.6 Å². The molecule has 2 bridgehead atoms. The van der Waals surface area contributed by atoms with E-state index >= 15 is 0 Å². The zero-order valence-electron chi connectivity index (χ0n) is 20.3. The molecule has 0 saturated carbocycles. The second kappa shape index (κ2) is 9.82. The lowest BCUT2D eigenvalue weighted by atomic mass is 9.64. The van der Waals surface area contributed by atoms with E-state index in [2.05, 4.69) is 10.6 Å². The number of carbonyl (C=O) groups is 1. The van der Waals surface area contributed by atoms with E-state index in [1.165, 1.54) is 48.5 Å². The van der Waals surface area contributed by atoms with Crippen molar-refractivity contribution in [1.82, 2.24) is 0 Å². The molecule has 192 valence electrons. The average Bonchev–Trinajstić information content (AvgIpc) is 2.91. The van der Waals surface area contributed by atoms with E-state index in [4.69, 9.17) is 0 Å². The van der Waals surface area contributed by atoms with E-state index in [0.717, 1.165) is 22.3 Å². The molecule has 4 N–H and O–H groups in total. The molecule has 0 amide bonds. The highest BCUT2D eigenvalue weighted by Crippen LogP contribution is 2.45. The second-order valence-electron chi connectivity index (χ2n) is 10.1. The van der Waals surface area contributed by atoms with E-state index in [0.29, 0.717) is 0 Å². The van der Waals surface area contributed by atoms with E-state index in [9.17, 15) is 22.4 Å². The fourth-order valence-corrected chi connectivity index (χ4v) is 6.32. The number of piperidine rings is 2. The van der Waals surface area contributed by atoms with E-state index in [1.54, 1.807) is 48.5 Å². The number of ketones is 1. The molecule has 2 fully saturated rings. The molecule has 6 atom stereocenters. The van der Waals surface area contributed by atoms with Crippen molar-refractivity contribution in [3.63, 3.8) is 0 Å². The molecular weight excluding hydrogens is 492 g/mol. The van der Waals surface area contributed by atoms with Crippen LogP contribution in [0.25, 0.3) is 0 Å². The lowest BCUT2D eigenvalue weighted by Gasteiger charge is -2.47. The van der Waals surface area contributed by atoms with Crippen molar-refractivity contribution in [2.45, 2.75) is 24.2 Å². The molecule has 4 aromatic carbocycles. The van der Waals surface area contributed by atoms with Gasteiger partial charge in [0, 0.05) is 22.3 Å². The first-order valence-corrected chi connectivity index (χ1v) is 12.6. The monoisotopic (exact) mass is 518 g/mol. The predicted octanol–water partition coefficient (Wildman–Crippen LogP) is 4.46. The minimum Gasteiger partial charge on any atom is -0.332 e. The Labute approximate surface area is 217 Å². The van der Waals surface area contributed by atoms with Crippen LogP contribution in [0.3, 0.4) is 0 Å². The summed E-state index contributed by atoms with van der Waals surface area (Å²) >= 11 is 0. The number of hydrogen-bond donors (Lipinski definition) is 2. The number of quaternary nitrogens is 2. The summed E-state index contributed by atoms with van der Waals surface area (Å²) in [6, 6.07) is 23.2. The van der Waals surface area contributed by atoms with Gasteiger partial charge in [-0.15, -0.1) is 0 Å². The first-order valence-electron chi connectivity index (χ1n) is 12.6. The highest BCUT2D eigenvalue weighted by Gasteiger charge is 2.60. The third-order valence-electron chi connectivity index (χ3n) is 8.05. The van der Waals surface area contributed by atoms with Crippen LogP contribution in [0.4, 0.5) is 17.6 Å². The average molecular weight is 519 g/mol. The number of Topliss-reactive ketones (excluding diaryl/α,β-unsaturated/α-hetero) is 1. The first kappa shape index (κ1) is 24.5. The summed E-state index contributed by atoms with van der Waals surface area (Å²) in [5, 5.41) is 4.24. The van der Waals surface area contributed by atoms with Crippen molar-refractivity contribution < 1.29 is 33.0 Å². The molecular formula is C31H26F4N2O+2. The van der Waals surface area contributed by atoms with Gasteiger partial charge in [0.2, 0.25) is 0 Å². The summed E-state index contributed by atoms with van der Waals surface area (Å²) in [4.78, 5) is 14.5. The second-order valence-corrected chi connectivity index (χ2v) is 10.1. The van der Waals surface area contributed by atoms with Crippen LogP contribution in [-0.4, -0.2) is 5.78 Å². The SMILES string of the molecule is O=C1C2[C@@H](c3ccc(F)cc3)[NH2+][C@@H](c3ccc(F)cc3)C1[C@H](c1ccc(F)cc1)[NH2+][C@H]2c1ccc(F)cc1. The van der Waals surface area contributed by atoms with Gasteiger partial charge >= 0.3 is 0 Å². The Hall–Kier alpha value is -3.81. The molecule has 0 radical (unpaired) electrons. The molecule has 6 rings (SSSR count). The molecule has 2 unspecified atom stereocenters. The van der Waals surface area contributed by atoms with E-state index < -0.39 is 11.8 Å². The molecule has 0 aliphatic carbocycles. The van der Waals surface area contributed by atoms with Crippen LogP contribution in [-0.2, 0) is 4.79 Å². The van der Waals surface area contributed by atoms with Crippen LogP contribution in [0.15, 0.2) is 97.1 Å². The zero-order chi connectivity index (χ0) is 26.4. The van der Waals surface area contributed by atoms with Gasteiger partial charge in [0.25, 0.3) is 0 Å². The van der Waals surface area contributed by atoms with E-state index in [1.807, 2.05) is 0 Å². The smallest absolute Gasteiger partial charge is 0.164 e. The van der Waals surface area contributed by atoms with Gasteiger partial charge in [-0.2, -0.15) is 0 Å². The molecule has 4 aromatic rings. The molecule has 2 saturated heterocycles. The summed E-state index contributed by atoms with van der Waals surface area (Å²) < 4.78 is 55.3. The summed E-state index contributed by atoms with van der Waals surface area (Å²) in [5.74, 6) is -2.44. The zero-order valence-corrected chi connectivity index (χ0v) is 20.3. The van der Waals surface area contributed by atoms with Crippen LogP contribution in [0, 0.1) is 35.1 Å². The number of benzene rings is 4. The van der Waals surface area contributed by atoms with E-state index in [-0.39, 0.29) is 53.2 Å². The number of halogens is 4. The summed E-state index contributed by atoms with van der Waals surface area (Å²) in [7, 11) is 0. The van der Waals surface area contributed by atoms with Gasteiger partial charge in [0.1, 0.15) is 59.3 Å². The maximum atomic E-state index is 14.5. The third-order valence-corrected chi connectivity index (χ3v) is 8.05. The van der Waals surface area contributed by atoms with Gasteiger partial charge in [-0.05, 0) is 48.5 Å². The lowest BCUT2D eigenvalue weighted by Crippen LogP contribution is -3.02. The molecule has 2 aliphatic heterocycles. The Kier molecular flexibility index (Phi) is 6.33. The highest BCUT2D eigenvalue weighted by molar-refractivity contribution is 5.87. The minimum absolute atomic E-state index is 0.0299. The number of fused-ring (bicyclic) bond motifs is 2. The van der Waals surface area contributed by atoms with Gasteiger partial charge in [-0.25, -0.2) is 17.6 Å². The Balaban J connectivity index is 1.51. The third kappa shape index (κ3) is 4.42. The van der Waals surface area contributed by atoms with Crippen LogP contribution in [0.1, 0.15) is 46.4 Å². The van der Waals surface area contributed by atoms with Gasteiger partial charge in [0.05, 0.1) is 0 Å². The normalized spacial score (nSPS) is 26.8. The molecule has 0 spiro atoms. The summed E-state index contributed by atoms with van der Waals surface area (Å²) in [6.45, 7) is 0. The Morgan fingerprint density at radius 1 is 0.395 bits per heavy atom. The molecule has 0 aromatic heterocycles. The number of hydrogen-bond acceptors (Lipinski definition) is 1. The molecule has 2 aliphatic rings. The van der Waals surface area contributed by atoms with Crippen LogP contribution in [0.2, 0.25) is 0 Å². The molecule has 38 heavy (non-hydrogen) atoms. The van der Waals surface area contributed by atoms with Gasteiger partial charge in [0.15, 0.2) is 5.78 Å². The molecule has 7 heteroatoms. The lowest BCUT2D eigenvalue weighted by molar-refractivity contribution is -0.815. The van der Waals surface area contributed by atoms with Crippen molar-refractivity contribution in [2.24, 2.45) is 11.8 Å². The van der Waals surface area contributed by atoms with Crippen LogP contribution in [0.5, 0.6) is 0 Å². The fourth-order valence-electron chi connectivity index (χ4n) is 6.32. The van der Waals surface area contributed by atoms with Crippen LogP contribution >= 0.6 is 0 Å². The Morgan fingerprint density at radius 2 is 0.605 bits per heavy atom. The largest absolute Gasteiger partial charge is 0.332 e. The van der Waals surface area contributed by atoms with Crippen molar-refractivity contribution >= 4 is 5.78 Å². The number of rotatable bonds is 4. The number of nitrogens with two attached hydrogens (primary N) is 2. The predicted molar refractivity (Wildman–Crippen MR) is 132 cm³/mol. The van der Waals surface area contributed by atoms with Crippen molar-refractivity contribution in [3.8, 4) is 0 Å². The van der Waals surface area contributed by atoms with Crippen molar-refractivity contribution in [2.75, 3.05) is 0 Å². The standard InChI is InChI=1S/C31H24F4N2O/c32-21-9-1-17(2-10-21)27-25-28(18-3-11-22(33)12-4-18)37-30(20-7-15-24(35)16-8-20)26(31(25)38)29(36-27)19-5-13-23(34)14-6-19/h1-16,25-30,36-37H/p+2/t25?,26?,27-,28-,29-,30+/m0/s1. The topological polar surface area (TPSA) is 50.3 Å². The Bertz CT molecular complexity index is 1230. The maximum absolute atomic E-state index is 14.5. The minimum atomic E-state index is -0.496. The quantitative estimate of drug-likeness (QED) is 0.385. The molecule has 2 heterocycles. The van der Waals surface area contributed by atoms with Crippen LogP contribution < -0.4 is 10.6 Å². The van der Waals surface area contributed by atoms with Gasteiger partial charge in [-0.1, -0.05) is 48.5 Å². The van der Waals surface area contributed by atoms with Crippen molar-refractivity contribution in [3.05, 3.63) is 143 Å². The maximum Gasteiger partial charge on any atom is 0.164 e. The van der Waals surface area contributed by atoms with Crippen molar-refractivity contribution in [1.29, 1.82) is 0 Å². The van der Waals surface area contributed by atoms with Gasteiger partial charge in [-0.3, -0.25) is 4.79 Å². The first-order chi connectivity index (χ1) is 18.4. The fraction of sp³-hybridized carbons (Fsp3) is 0.194. The highest BCUT2D eigenvalue weighted by atomic mass is 19.1.